The highest BCUT2D eigenvalue weighted by Gasteiger charge is 2.49. The molecule has 4 saturated carbocycles. The van der Waals surface area contributed by atoms with Gasteiger partial charge in [-0.3, -0.25) is 0 Å². The molecule has 0 radical (unpaired) electrons. The van der Waals surface area contributed by atoms with Gasteiger partial charge in [-0.1, -0.05) is 0 Å². The van der Waals surface area contributed by atoms with Gasteiger partial charge in [0.2, 0.25) is 0 Å². The lowest BCUT2D eigenvalue weighted by Crippen LogP contribution is -2.44. The van der Waals surface area contributed by atoms with Crippen LogP contribution in [-0.2, 0) is 7.05 Å². The number of aromatic nitrogens is 1. The van der Waals surface area contributed by atoms with E-state index in [-0.39, 0.29) is 5.56 Å². The maximum absolute atomic E-state index is 11.3. The predicted octanol–water partition coefficient (Wildman–Crippen LogP) is 2.85. The molecule has 1 aromatic heterocycles. The number of carbonyl (C=O) groups is 1. The van der Waals surface area contributed by atoms with Crippen molar-refractivity contribution in [3.8, 4) is 0 Å². The molecule has 108 valence electrons. The molecule has 0 atom stereocenters. The van der Waals surface area contributed by atoms with E-state index in [1.54, 1.807) is 0 Å². The Hall–Kier alpha value is -1.45. The average Bonchev–Trinajstić information content (AvgIpc) is 2.66. The van der Waals surface area contributed by atoms with E-state index in [1.165, 1.54) is 32.1 Å². The smallest absolute Gasteiger partial charge is 0.339 e. The van der Waals surface area contributed by atoms with E-state index < -0.39 is 5.97 Å². The first-order valence-corrected chi connectivity index (χ1v) is 7.73. The van der Waals surface area contributed by atoms with Crippen molar-refractivity contribution in [3.05, 3.63) is 17.3 Å². The molecule has 0 unspecified atom stereocenters. The van der Waals surface area contributed by atoms with Gasteiger partial charge in [-0.05, 0) is 61.8 Å². The molecule has 0 amide bonds. The lowest BCUT2D eigenvalue weighted by atomic mass is 9.51. The van der Waals surface area contributed by atoms with Gasteiger partial charge in [-0.25, -0.2) is 4.79 Å². The van der Waals surface area contributed by atoms with Crippen LogP contribution >= 0.6 is 0 Å². The van der Waals surface area contributed by atoms with E-state index in [4.69, 9.17) is 5.73 Å². The molecular formula is C16H22N2O2. The molecule has 4 fully saturated rings. The number of nitrogen functional groups attached to an aromatic ring is 1. The summed E-state index contributed by atoms with van der Waals surface area (Å²) in [6, 6.07) is 1.84. The second-order valence-corrected chi connectivity index (χ2v) is 7.19. The summed E-state index contributed by atoms with van der Waals surface area (Å²) in [5.41, 5.74) is 7.41. The third-order valence-corrected chi connectivity index (χ3v) is 6.12. The summed E-state index contributed by atoms with van der Waals surface area (Å²) in [6.45, 7) is 0. The van der Waals surface area contributed by atoms with Crippen molar-refractivity contribution >= 4 is 11.8 Å². The molecule has 1 heterocycles. The Morgan fingerprint density at radius 1 is 1.20 bits per heavy atom. The number of anilines is 1. The second kappa shape index (κ2) is 4.03. The minimum Gasteiger partial charge on any atom is -0.478 e. The fourth-order valence-corrected chi connectivity index (χ4v) is 5.54. The number of hydrogen-bond donors (Lipinski definition) is 2. The van der Waals surface area contributed by atoms with Crippen LogP contribution in [-0.4, -0.2) is 15.6 Å². The van der Waals surface area contributed by atoms with E-state index in [0.29, 0.717) is 11.7 Å². The topological polar surface area (TPSA) is 68.2 Å². The lowest BCUT2D eigenvalue weighted by Gasteiger charge is -2.54. The number of nitrogens with two attached hydrogens (primary N) is 1. The summed E-state index contributed by atoms with van der Waals surface area (Å²) >= 11 is 0. The van der Waals surface area contributed by atoms with Gasteiger partial charge in [0.25, 0.3) is 0 Å². The van der Waals surface area contributed by atoms with Gasteiger partial charge in [0.05, 0.1) is 0 Å². The number of aromatic carboxylic acids is 1. The van der Waals surface area contributed by atoms with Crippen LogP contribution < -0.4 is 5.73 Å². The third-order valence-electron chi connectivity index (χ3n) is 6.12. The van der Waals surface area contributed by atoms with E-state index >= 15 is 0 Å². The van der Waals surface area contributed by atoms with Crippen molar-refractivity contribution in [2.24, 2.45) is 30.7 Å². The van der Waals surface area contributed by atoms with Gasteiger partial charge in [0, 0.05) is 18.7 Å². The lowest BCUT2D eigenvalue weighted by molar-refractivity contribution is -0.00496. The Balaban J connectivity index is 1.74. The minimum absolute atomic E-state index is 0.274. The Kier molecular flexibility index (Phi) is 2.48. The maximum Gasteiger partial charge on any atom is 0.339 e. The first kappa shape index (κ1) is 12.3. The zero-order valence-corrected chi connectivity index (χ0v) is 11.9. The summed E-state index contributed by atoms with van der Waals surface area (Å²) in [4.78, 5) is 11.3. The Morgan fingerprint density at radius 2 is 1.75 bits per heavy atom. The van der Waals surface area contributed by atoms with E-state index in [9.17, 15) is 9.90 Å². The van der Waals surface area contributed by atoms with Crippen molar-refractivity contribution in [2.75, 3.05) is 5.73 Å². The highest BCUT2D eigenvalue weighted by atomic mass is 16.4. The molecule has 0 aromatic carbocycles. The highest BCUT2D eigenvalue weighted by molar-refractivity contribution is 5.93. The second-order valence-electron chi connectivity index (χ2n) is 7.19. The molecule has 5 rings (SSSR count). The number of hydrogen-bond acceptors (Lipinski definition) is 2. The largest absolute Gasteiger partial charge is 0.478 e. The first-order chi connectivity index (χ1) is 9.54. The molecule has 20 heavy (non-hydrogen) atoms. The number of carboxylic acid groups (broad SMARTS) is 1. The average molecular weight is 274 g/mol. The van der Waals surface area contributed by atoms with Gasteiger partial charge >= 0.3 is 5.97 Å². The van der Waals surface area contributed by atoms with E-state index in [0.717, 1.165) is 29.4 Å². The van der Waals surface area contributed by atoms with Crippen LogP contribution in [0, 0.1) is 23.7 Å². The van der Waals surface area contributed by atoms with Crippen molar-refractivity contribution in [1.29, 1.82) is 0 Å². The molecule has 0 spiro atoms. The molecule has 4 heteroatoms. The summed E-state index contributed by atoms with van der Waals surface area (Å²) in [5.74, 6) is 3.40. The first-order valence-electron chi connectivity index (χ1n) is 7.73. The summed E-state index contributed by atoms with van der Waals surface area (Å²) in [5, 5.41) is 9.26. The van der Waals surface area contributed by atoms with Gasteiger partial charge in [0.1, 0.15) is 11.4 Å². The maximum atomic E-state index is 11.3. The molecule has 4 bridgehead atoms. The van der Waals surface area contributed by atoms with Gasteiger partial charge < -0.3 is 15.4 Å². The molecule has 0 aliphatic heterocycles. The van der Waals surface area contributed by atoms with Crippen LogP contribution in [0.4, 0.5) is 5.82 Å². The fourth-order valence-electron chi connectivity index (χ4n) is 5.54. The monoisotopic (exact) mass is 274 g/mol. The Labute approximate surface area is 119 Å². The molecule has 3 N–H and O–H groups in total. The van der Waals surface area contributed by atoms with Gasteiger partial charge in [-0.2, -0.15) is 0 Å². The zero-order chi connectivity index (χ0) is 14.0. The number of nitrogens with zero attached hydrogens (tertiary/aromatic N) is 1. The summed E-state index contributed by atoms with van der Waals surface area (Å²) < 4.78 is 1.93. The number of rotatable bonds is 2. The quantitative estimate of drug-likeness (QED) is 0.871. The van der Waals surface area contributed by atoms with Gasteiger partial charge in [-0.15, -0.1) is 0 Å². The molecule has 0 saturated heterocycles. The van der Waals surface area contributed by atoms with Crippen LogP contribution in [0.5, 0.6) is 0 Å². The van der Waals surface area contributed by atoms with Crippen LogP contribution in [0.15, 0.2) is 6.07 Å². The SMILES string of the molecule is Cn1c(C2C3CC4CC(C3)CC2C4)cc(C(=O)O)c1N. The summed E-state index contributed by atoms with van der Waals surface area (Å²) in [6.07, 6.45) is 6.79. The van der Waals surface area contributed by atoms with Crippen LogP contribution in [0.3, 0.4) is 0 Å². The standard InChI is InChI=1S/C16H22N2O2/c1-18-13(7-12(15(18)17)16(19)20)14-10-3-8-2-9(5-10)6-11(14)4-8/h7-11,14H,2-6,17H2,1H3,(H,19,20). The van der Waals surface area contributed by atoms with E-state index in [2.05, 4.69) is 0 Å². The Morgan fingerprint density at radius 3 is 2.20 bits per heavy atom. The molecule has 1 aromatic rings. The van der Waals surface area contributed by atoms with Gasteiger partial charge in [0.15, 0.2) is 0 Å². The minimum atomic E-state index is -0.909. The molecular weight excluding hydrogens is 252 g/mol. The van der Waals surface area contributed by atoms with Crippen LogP contribution in [0.1, 0.15) is 54.1 Å². The van der Waals surface area contributed by atoms with Crippen molar-refractivity contribution < 1.29 is 9.90 Å². The molecule has 4 nitrogen and oxygen atoms in total. The highest BCUT2D eigenvalue weighted by Crippen LogP contribution is 2.60. The van der Waals surface area contributed by atoms with E-state index in [1.807, 2.05) is 17.7 Å². The number of carboxylic acids is 1. The van der Waals surface area contributed by atoms with Crippen LogP contribution in [0.25, 0.3) is 0 Å². The predicted molar refractivity (Wildman–Crippen MR) is 76.6 cm³/mol. The molecule has 4 aliphatic carbocycles. The fraction of sp³-hybridized carbons (Fsp3) is 0.688. The zero-order valence-electron chi connectivity index (χ0n) is 11.9. The van der Waals surface area contributed by atoms with Crippen molar-refractivity contribution in [2.45, 2.75) is 38.0 Å². The normalized spacial score (nSPS) is 38.4. The summed E-state index contributed by atoms with van der Waals surface area (Å²) in [7, 11) is 1.92. The Bertz CT molecular complexity index is 547. The molecule has 4 aliphatic rings. The van der Waals surface area contributed by atoms with Crippen LogP contribution in [0.2, 0.25) is 0 Å². The van der Waals surface area contributed by atoms with Crippen molar-refractivity contribution in [1.82, 2.24) is 4.57 Å². The van der Waals surface area contributed by atoms with Crippen molar-refractivity contribution in [3.63, 3.8) is 0 Å². The third kappa shape index (κ3) is 1.57.